The minimum absolute atomic E-state index is 0.520. The molecule has 12 heavy (non-hydrogen) atoms. The second kappa shape index (κ2) is 3.90. The maximum absolute atomic E-state index is 5.53. The summed E-state index contributed by atoms with van der Waals surface area (Å²) in [4.78, 5) is 10.1. The van der Waals surface area contributed by atoms with E-state index in [0.717, 1.165) is 18.9 Å². The Morgan fingerprint density at radius 3 is 2.50 bits per heavy atom. The Balaban J connectivity index is 2.85. The molecular weight excluding hydrogens is 152 g/mol. The molecule has 0 spiro atoms. The van der Waals surface area contributed by atoms with E-state index in [4.69, 9.17) is 5.73 Å². The molecule has 4 nitrogen and oxygen atoms in total. The highest BCUT2D eigenvalue weighted by molar-refractivity contribution is 5.45. The van der Waals surface area contributed by atoms with Crippen molar-refractivity contribution in [3.05, 3.63) is 12.4 Å². The van der Waals surface area contributed by atoms with Crippen LogP contribution in [0, 0.1) is 0 Å². The van der Waals surface area contributed by atoms with Gasteiger partial charge >= 0.3 is 0 Å². The van der Waals surface area contributed by atoms with E-state index in [1.807, 2.05) is 0 Å². The Hall–Kier alpha value is -1.32. The smallest absolute Gasteiger partial charge is 0.134 e. The minimum Gasteiger partial charge on any atom is -0.384 e. The number of hydrogen-bond donors (Lipinski definition) is 1. The summed E-state index contributed by atoms with van der Waals surface area (Å²) in [7, 11) is 0. The van der Waals surface area contributed by atoms with Gasteiger partial charge in [-0.05, 0) is 13.8 Å². The van der Waals surface area contributed by atoms with Crippen LogP contribution in [-0.4, -0.2) is 23.1 Å². The third-order valence-corrected chi connectivity index (χ3v) is 1.76. The van der Waals surface area contributed by atoms with Crippen molar-refractivity contribution in [3.8, 4) is 0 Å². The van der Waals surface area contributed by atoms with E-state index in [0.29, 0.717) is 5.82 Å². The van der Waals surface area contributed by atoms with E-state index in [1.165, 1.54) is 6.33 Å². The fourth-order valence-electron chi connectivity index (χ4n) is 1.08. The van der Waals surface area contributed by atoms with Gasteiger partial charge in [-0.3, -0.25) is 0 Å². The van der Waals surface area contributed by atoms with Gasteiger partial charge in [0.25, 0.3) is 0 Å². The van der Waals surface area contributed by atoms with Crippen LogP contribution >= 0.6 is 0 Å². The Labute approximate surface area is 72.4 Å². The zero-order valence-electron chi connectivity index (χ0n) is 7.49. The summed E-state index contributed by atoms with van der Waals surface area (Å²) in [5, 5.41) is 0. The second-order valence-corrected chi connectivity index (χ2v) is 2.47. The van der Waals surface area contributed by atoms with E-state index >= 15 is 0 Å². The third-order valence-electron chi connectivity index (χ3n) is 1.76. The average molecular weight is 166 g/mol. The predicted molar refractivity (Wildman–Crippen MR) is 50.0 cm³/mol. The van der Waals surface area contributed by atoms with E-state index in [1.54, 1.807) is 6.07 Å². The summed E-state index contributed by atoms with van der Waals surface area (Å²) in [6.07, 6.45) is 1.49. The molecule has 0 atom stereocenters. The van der Waals surface area contributed by atoms with Gasteiger partial charge in [-0.1, -0.05) is 0 Å². The normalized spacial score (nSPS) is 9.83. The lowest BCUT2D eigenvalue weighted by Gasteiger charge is -2.19. The molecule has 2 N–H and O–H groups in total. The highest BCUT2D eigenvalue weighted by Crippen LogP contribution is 2.10. The van der Waals surface area contributed by atoms with Crippen molar-refractivity contribution >= 4 is 11.6 Å². The van der Waals surface area contributed by atoms with E-state index in [2.05, 4.69) is 28.7 Å². The predicted octanol–water partition coefficient (Wildman–Crippen LogP) is 0.905. The SMILES string of the molecule is CCN(CC)c1cc(N)ncn1. The molecule has 1 aromatic rings. The molecular formula is C8H14N4. The lowest BCUT2D eigenvalue weighted by Crippen LogP contribution is -2.23. The van der Waals surface area contributed by atoms with Crippen LogP contribution in [0.4, 0.5) is 11.6 Å². The number of rotatable bonds is 3. The monoisotopic (exact) mass is 166 g/mol. The van der Waals surface area contributed by atoms with Crippen molar-refractivity contribution in [1.82, 2.24) is 9.97 Å². The molecule has 0 aliphatic carbocycles. The molecule has 0 saturated heterocycles. The molecule has 1 aromatic heterocycles. The lowest BCUT2D eigenvalue weighted by molar-refractivity contribution is 0.842. The third kappa shape index (κ3) is 1.84. The quantitative estimate of drug-likeness (QED) is 0.725. The fourth-order valence-corrected chi connectivity index (χ4v) is 1.08. The molecule has 0 amide bonds. The van der Waals surface area contributed by atoms with Gasteiger partial charge in [-0.15, -0.1) is 0 Å². The Bertz CT molecular complexity index is 245. The standard InChI is InChI=1S/C8H14N4/c1-3-12(4-2)8-5-7(9)10-6-11-8/h5-6H,3-4H2,1-2H3,(H2,9,10,11). The molecule has 0 unspecified atom stereocenters. The summed E-state index contributed by atoms with van der Waals surface area (Å²) in [5.41, 5.74) is 5.53. The maximum Gasteiger partial charge on any atom is 0.134 e. The highest BCUT2D eigenvalue weighted by atomic mass is 15.2. The largest absolute Gasteiger partial charge is 0.384 e. The topological polar surface area (TPSA) is 55.0 Å². The number of aromatic nitrogens is 2. The van der Waals surface area contributed by atoms with Crippen molar-refractivity contribution in [2.45, 2.75) is 13.8 Å². The van der Waals surface area contributed by atoms with Gasteiger partial charge in [-0.2, -0.15) is 0 Å². The molecule has 0 bridgehead atoms. The van der Waals surface area contributed by atoms with Crippen molar-refractivity contribution in [2.24, 2.45) is 0 Å². The summed E-state index contributed by atoms with van der Waals surface area (Å²) < 4.78 is 0. The molecule has 0 aliphatic rings. The van der Waals surface area contributed by atoms with Gasteiger partial charge in [0.15, 0.2) is 0 Å². The Kier molecular flexibility index (Phi) is 2.85. The second-order valence-electron chi connectivity index (χ2n) is 2.47. The summed E-state index contributed by atoms with van der Waals surface area (Å²) >= 11 is 0. The molecule has 1 heterocycles. The van der Waals surface area contributed by atoms with E-state index in [-0.39, 0.29) is 0 Å². The van der Waals surface area contributed by atoms with Crippen molar-refractivity contribution in [1.29, 1.82) is 0 Å². The zero-order valence-corrected chi connectivity index (χ0v) is 7.49. The van der Waals surface area contributed by atoms with Crippen LogP contribution in [-0.2, 0) is 0 Å². The fraction of sp³-hybridized carbons (Fsp3) is 0.500. The highest BCUT2D eigenvalue weighted by Gasteiger charge is 2.02. The van der Waals surface area contributed by atoms with Gasteiger partial charge < -0.3 is 10.6 Å². The summed E-state index contributed by atoms with van der Waals surface area (Å²) in [6.45, 7) is 6.05. The van der Waals surface area contributed by atoms with Gasteiger partial charge in [0.05, 0.1) is 0 Å². The van der Waals surface area contributed by atoms with Gasteiger partial charge in [0.2, 0.25) is 0 Å². The minimum atomic E-state index is 0.520. The first-order valence-corrected chi connectivity index (χ1v) is 4.10. The van der Waals surface area contributed by atoms with Gasteiger partial charge in [0, 0.05) is 19.2 Å². The van der Waals surface area contributed by atoms with Crippen LogP contribution in [0.2, 0.25) is 0 Å². The van der Waals surface area contributed by atoms with Crippen molar-refractivity contribution in [2.75, 3.05) is 23.7 Å². The van der Waals surface area contributed by atoms with Gasteiger partial charge in [0.1, 0.15) is 18.0 Å². The molecule has 0 aromatic carbocycles. The van der Waals surface area contributed by atoms with Crippen LogP contribution in [0.15, 0.2) is 12.4 Å². The van der Waals surface area contributed by atoms with Gasteiger partial charge in [-0.25, -0.2) is 9.97 Å². The number of nitrogen functional groups attached to an aromatic ring is 1. The van der Waals surface area contributed by atoms with Crippen LogP contribution < -0.4 is 10.6 Å². The number of nitrogens with two attached hydrogens (primary N) is 1. The number of hydrogen-bond acceptors (Lipinski definition) is 4. The van der Waals surface area contributed by atoms with E-state index < -0.39 is 0 Å². The molecule has 4 heteroatoms. The van der Waals surface area contributed by atoms with Crippen LogP contribution in [0.25, 0.3) is 0 Å². The molecule has 0 fully saturated rings. The Morgan fingerprint density at radius 1 is 1.33 bits per heavy atom. The van der Waals surface area contributed by atoms with Crippen molar-refractivity contribution < 1.29 is 0 Å². The summed E-state index contributed by atoms with van der Waals surface area (Å²) in [6, 6.07) is 1.78. The first-order valence-electron chi connectivity index (χ1n) is 4.10. The lowest BCUT2D eigenvalue weighted by atomic mass is 10.4. The average Bonchev–Trinajstić information content (AvgIpc) is 2.07. The first-order chi connectivity index (χ1) is 5.77. The van der Waals surface area contributed by atoms with Crippen LogP contribution in [0.1, 0.15) is 13.8 Å². The zero-order chi connectivity index (χ0) is 8.97. The molecule has 0 radical (unpaired) electrons. The molecule has 0 saturated carbocycles. The molecule has 1 rings (SSSR count). The summed E-state index contributed by atoms with van der Waals surface area (Å²) in [5.74, 6) is 1.42. The number of nitrogens with zero attached hydrogens (tertiary/aromatic N) is 3. The van der Waals surface area contributed by atoms with Crippen LogP contribution in [0.5, 0.6) is 0 Å². The Morgan fingerprint density at radius 2 is 2.00 bits per heavy atom. The molecule has 66 valence electrons. The molecule has 0 aliphatic heterocycles. The van der Waals surface area contributed by atoms with Crippen molar-refractivity contribution in [3.63, 3.8) is 0 Å². The number of anilines is 2. The maximum atomic E-state index is 5.53. The van der Waals surface area contributed by atoms with Crippen LogP contribution in [0.3, 0.4) is 0 Å². The van der Waals surface area contributed by atoms with E-state index in [9.17, 15) is 0 Å². The first kappa shape index (κ1) is 8.77.